The molecule has 88 valence electrons. The molecule has 1 aromatic rings. The van der Waals surface area contributed by atoms with Crippen molar-refractivity contribution in [3.63, 3.8) is 0 Å². The molecule has 1 aromatic carbocycles. The molecule has 0 saturated carbocycles. The first-order valence-corrected chi connectivity index (χ1v) is 5.71. The molecule has 0 spiro atoms. The van der Waals surface area contributed by atoms with Gasteiger partial charge in [-0.05, 0) is 34.5 Å². The Morgan fingerprint density at radius 1 is 1.56 bits per heavy atom. The van der Waals surface area contributed by atoms with Crippen LogP contribution in [0.3, 0.4) is 0 Å². The minimum absolute atomic E-state index is 0.0249. The molecule has 4 nitrogen and oxygen atoms in total. The number of aliphatic hydroxyl groups is 1. The van der Waals surface area contributed by atoms with Crippen LogP contribution in [0, 0.1) is 0 Å². The molecular formula is C11H14BrNO3. The van der Waals surface area contributed by atoms with Crippen molar-refractivity contribution in [3.05, 3.63) is 22.7 Å². The minimum Gasteiger partial charge on any atom is -0.495 e. The number of ether oxygens (including phenoxy) is 1. The van der Waals surface area contributed by atoms with E-state index < -0.39 is 0 Å². The van der Waals surface area contributed by atoms with Crippen molar-refractivity contribution in [1.82, 2.24) is 0 Å². The maximum absolute atomic E-state index is 11.4. The van der Waals surface area contributed by atoms with Gasteiger partial charge >= 0.3 is 0 Å². The Morgan fingerprint density at radius 3 is 2.94 bits per heavy atom. The Kier molecular flexibility index (Phi) is 5.28. The van der Waals surface area contributed by atoms with Gasteiger partial charge in [-0.2, -0.15) is 0 Å². The number of nitrogens with one attached hydrogen (secondary N) is 1. The summed E-state index contributed by atoms with van der Waals surface area (Å²) in [6, 6.07) is 5.32. The molecule has 0 aliphatic carbocycles. The molecule has 0 atom stereocenters. The highest BCUT2D eigenvalue weighted by Gasteiger charge is 2.05. The third-order valence-electron chi connectivity index (χ3n) is 2.00. The Bertz CT molecular complexity index is 368. The van der Waals surface area contributed by atoms with Crippen molar-refractivity contribution >= 4 is 27.5 Å². The zero-order chi connectivity index (χ0) is 12.0. The molecule has 5 heteroatoms. The minimum atomic E-state index is -0.113. The summed E-state index contributed by atoms with van der Waals surface area (Å²) in [5.41, 5.74) is 0.683. The highest BCUT2D eigenvalue weighted by atomic mass is 79.9. The molecule has 0 saturated heterocycles. The van der Waals surface area contributed by atoms with Crippen molar-refractivity contribution in [2.24, 2.45) is 0 Å². The molecule has 0 fully saturated rings. The highest BCUT2D eigenvalue weighted by Crippen LogP contribution is 2.27. The lowest BCUT2D eigenvalue weighted by molar-refractivity contribution is -0.116. The molecule has 0 unspecified atom stereocenters. The van der Waals surface area contributed by atoms with Crippen LogP contribution in [0.15, 0.2) is 22.7 Å². The maximum atomic E-state index is 11.4. The second-order valence-corrected chi connectivity index (χ2v) is 4.08. The van der Waals surface area contributed by atoms with Crippen LogP contribution in [0.5, 0.6) is 5.75 Å². The molecule has 2 N–H and O–H groups in total. The lowest BCUT2D eigenvalue weighted by atomic mass is 10.2. The van der Waals surface area contributed by atoms with Gasteiger partial charge < -0.3 is 15.2 Å². The van der Waals surface area contributed by atoms with Gasteiger partial charge in [-0.25, -0.2) is 0 Å². The number of benzene rings is 1. The van der Waals surface area contributed by atoms with Crippen LogP contribution in [-0.2, 0) is 4.79 Å². The number of rotatable bonds is 5. The summed E-state index contributed by atoms with van der Waals surface area (Å²) in [7, 11) is 1.57. The quantitative estimate of drug-likeness (QED) is 0.873. The van der Waals surface area contributed by atoms with Gasteiger partial charge in [-0.15, -0.1) is 0 Å². The van der Waals surface area contributed by atoms with E-state index in [1.807, 2.05) is 0 Å². The Hall–Kier alpha value is -1.07. The zero-order valence-electron chi connectivity index (χ0n) is 9.00. The molecular weight excluding hydrogens is 274 g/mol. The molecule has 1 amide bonds. The lowest BCUT2D eigenvalue weighted by Gasteiger charge is -2.08. The zero-order valence-corrected chi connectivity index (χ0v) is 10.6. The van der Waals surface area contributed by atoms with Gasteiger partial charge in [0.05, 0.1) is 11.6 Å². The summed E-state index contributed by atoms with van der Waals surface area (Å²) < 4.78 is 5.95. The second kappa shape index (κ2) is 6.50. The number of hydrogen-bond acceptors (Lipinski definition) is 3. The largest absolute Gasteiger partial charge is 0.495 e. The summed E-state index contributed by atoms with van der Waals surface area (Å²) in [6.07, 6.45) is 0.786. The van der Waals surface area contributed by atoms with E-state index in [-0.39, 0.29) is 12.5 Å². The van der Waals surface area contributed by atoms with Crippen LogP contribution in [0.1, 0.15) is 12.8 Å². The van der Waals surface area contributed by atoms with E-state index in [0.717, 1.165) is 4.47 Å². The van der Waals surface area contributed by atoms with Gasteiger partial charge in [0.1, 0.15) is 5.75 Å². The Balaban J connectivity index is 2.63. The fourth-order valence-corrected chi connectivity index (χ4v) is 1.61. The number of methoxy groups -OCH3 is 1. The monoisotopic (exact) mass is 287 g/mol. The fourth-order valence-electron chi connectivity index (χ4n) is 1.20. The van der Waals surface area contributed by atoms with E-state index in [4.69, 9.17) is 9.84 Å². The second-order valence-electron chi connectivity index (χ2n) is 3.22. The first-order valence-electron chi connectivity index (χ1n) is 4.91. The van der Waals surface area contributed by atoms with E-state index in [2.05, 4.69) is 21.2 Å². The molecule has 0 bridgehead atoms. The fraction of sp³-hybridized carbons (Fsp3) is 0.364. The number of amides is 1. The average molecular weight is 288 g/mol. The molecule has 0 radical (unpaired) electrons. The first-order chi connectivity index (χ1) is 7.67. The third kappa shape index (κ3) is 3.83. The number of hydrogen-bond donors (Lipinski definition) is 2. The molecule has 0 aliphatic heterocycles. The smallest absolute Gasteiger partial charge is 0.224 e. The molecule has 1 rings (SSSR count). The predicted octanol–water partition coefficient (Wildman–Crippen LogP) is 2.17. The highest BCUT2D eigenvalue weighted by molar-refractivity contribution is 9.10. The maximum Gasteiger partial charge on any atom is 0.224 e. The predicted molar refractivity (Wildman–Crippen MR) is 65.6 cm³/mol. The first kappa shape index (κ1) is 13.0. The van der Waals surface area contributed by atoms with Gasteiger partial charge in [0.2, 0.25) is 5.91 Å². The molecule has 0 aliphatic rings. The molecule has 0 heterocycles. The van der Waals surface area contributed by atoms with Crippen molar-refractivity contribution in [2.45, 2.75) is 12.8 Å². The topological polar surface area (TPSA) is 58.6 Å². The molecule has 16 heavy (non-hydrogen) atoms. The summed E-state index contributed by atoms with van der Waals surface area (Å²) in [6.45, 7) is 0.0249. The van der Waals surface area contributed by atoms with E-state index in [1.165, 1.54) is 0 Å². The SMILES string of the molecule is COc1cc(NC(=O)CCCO)ccc1Br. The van der Waals surface area contributed by atoms with Crippen molar-refractivity contribution < 1.29 is 14.6 Å². The normalized spacial score (nSPS) is 9.94. The van der Waals surface area contributed by atoms with Gasteiger partial charge in [0, 0.05) is 24.8 Å². The summed E-state index contributed by atoms with van der Waals surface area (Å²) >= 11 is 3.33. The van der Waals surface area contributed by atoms with Crippen LogP contribution in [0.25, 0.3) is 0 Å². The van der Waals surface area contributed by atoms with Crippen LogP contribution in [-0.4, -0.2) is 24.7 Å². The summed E-state index contributed by atoms with van der Waals surface area (Å²) in [4.78, 5) is 11.4. The van der Waals surface area contributed by atoms with E-state index in [1.54, 1.807) is 25.3 Å². The van der Waals surface area contributed by atoms with E-state index in [9.17, 15) is 4.79 Å². The summed E-state index contributed by atoms with van der Waals surface area (Å²) in [5.74, 6) is 0.554. The van der Waals surface area contributed by atoms with Crippen LogP contribution < -0.4 is 10.1 Å². The van der Waals surface area contributed by atoms with Crippen LogP contribution in [0.2, 0.25) is 0 Å². The Morgan fingerprint density at radius 2 is 2.31 bits per heavy atom. The van der Waals surface area contributed by atoms with Gasteiger partial charge in [0.15, 0.2) is 0 Å². The van der Waals surface area contributed by atoms with Crippen LogP contribution in [0.4, 0.5) is 5.69 Å². The van der Waals surface area contributed by atoms with Crippen molar-refractivity contribution in [2.75, 3.05) is 19.0 Å². The van der Waals surface area contributed by atoms with Gasteiger partial charge in [0.25, 0.3) is 0 Å². The average Bonchev–Trinajstić information content (AvgIpc) is 2.29. The number of aliphatic hydroxyl groups excluding tert-OH is 1. The number of halogens is 1. The number of carbonyl (C=O) groups excluding carboxylic acids is 1. The molecule has 0 aromatic heterocycles. The van der Waals surface area contributed by atoms with Crippen LogP contribution >= 0.6 is 15.9 Å². The van der Waals surface area contributed by atoms with E-state index >= 15 is 0 Å². The number of carbonyl (C=O) groups is 1. The standard InChI is InChI=1S/C11H14BrNO3/c1-16-10-7-8(4-5-9(10)12)13-11(15)3-2-6-14/h4-5,7,14H,2-3,6H2,1H3,(H,13,15). The van der Waals surface area contributed by atoms with Gasteiger partial charge in [-0.1, -0.05) is 0 Å². The third-order valence-corrected chi connectivity index (χ3v) is 2.65. The Labute approximate surface area is 103 Å². The number of anilines is 1. The lowest BCUT2D eigenvalue weighted by Crippen LogP contribution is -2.11. The van der Waals surface area contributed by atoms with Gasteiger partial charge in [-0.3, -0.25) is 4.79 Å². The van der Waals surface area contributed by atoms with E-state index in [0.29, 0.717) is 24.3 Å². The van der Waals surface area contributed by atoms with Crippen molar-refractivity contribution in [1.29, 1.82) is 0 Å². The van der Waals surface area contributed by atoms with Crippen molar-refractivity contribution in [3.8, 4) is 5.75 Å². The summed E-state index contributed by atoms with van der Waals surface area (Å²) in [5, 5.41) is 11.3.